The highest BCUT2D eigenvalue weighted by Crippen LogP contribution is 2.16. The van der Waals surface area contributed by atoms with Gasteiger partial charge < -0.3 is 5.11 Å². The summed E-state index contributed by atoms with van der Waals surface area (Å²) in [6.45, 7) is 4.23. The molecule has 0 spiro atoms. The average Bonchev–Trinajstić information content (AvgIpc) is 2.30. The minimum Gasteiger partial charge on any atom is -0.392 e. The van der Waals surface area contributed by atoms with E-state index in [2.05, 4.69) is 18.9 Å². The van der Waals surface area contributed by atoms with Gasteiger partial charge >= 0.3 is 0 Å². The quantitative estimate of drug-likeness (QED) is 0.691. The van der Waals surface area contributed by atoms with Gasteiger partial charge in [0.15, 0.2) is 0 Å². The number of nitrogens with zero attached hydrogens (tertiary/aromatic N) is 2. The third-order valence-electron chi connectivity index (χ3n) is 1.65. The first-order valence-corrected chi connectivity index (χ1v) is 3.78. The Balaban J connectivity index is 3.02. The summed E-state index contributed by atoms with van der Waals surface area (Å²) in [6, 6.07) is 0. The fourth-order valence-electron chi connectivity index (χ4n) is 1.16. The van der Waals surface area contributed by atoms with Crippen molar-refractivity contribution in [3.8, 4) is 0 Å². The van der Waals surface area contributed by atoms with Gasteiger partial charge in [-0.15, -0.1) is 0 Å². The van der Waals surface area contributed by atoms with Gasteiger partial charge in [0.2, 0.25) is 0 Å². The molecular weight excluding hydrogens is 140 g/mol. The fraction of sp³-hybridized carbons (Fsp3) is 0.625. The van der Waals surface area contributed by atoms with Gasteiger partial charge in [-0.05, 0) is 5.92 Å². The van der Waals surface area contributed by atoms with Crippen molar-refractivity contribution in [3.05, 3.63) is 17.5 Å². The van der Waals surface area contributed by atoms with Crippen LogP contribution in [0.5, 0.6) is 0 Å². The van der Waals surface area contributed by atoms with E-state index in [-0.39, 0.29) is 6.61 Å². The van der Waals surface area contributed by atoms with Gasteiger partial charge in [-0.1, -0.05) is 13.8 Å². The molecule has 0 aliphatic rings. The van der Waals surface area contributed by atoms with Gasteiger partial charge in [0.05, 0.1) is 12.3 Å². The minimum atomic E-state index is 0.0847. The summed E-state index contributed by atoms with van der Waals surface area (Å²) in [6.07, 6.45) is 1.86. The minimum absolute atomic E-state index is 0.0847. The van der Waals surface area contributed by atoms with Crippen LogP contribution in [0.15, 0.2) is 6.20 Å². The Bertz CT molecular complexity index is 240. The lowest BCUT2D eigenvalue weighted by atomic mass is 10.1. The molecule has 0 atom stereocenters. The number of hydrogen-bond donors (Lipinski definition) is 1. The molecule has 0 radical (unpaired) electrons. The molecule has 0 bridgehead atoms. The molecule has 1 rings (SSSR count). The predicted molar refractivity (Wildman–Crippen MR) is 43.2 cm³/mol. The number of aliphatic hydroxyl groups is 1. The first-order valence-electron chi connectivity index (χ1n) is 3.78. The topological polar surface area (TPSA) is 38.0 Å². The lowest BCUT2D eigenvalue weighted by Gasteiger charge is -2.00. The molecule has 11 heavy (non-hydrogen) atoms. The number of hydrogen-bond acceptors (Lipinski definition) is 2. The van der Waals surface area contributed by atoms with Crippen LogP contribution in [0.3, 0.4) is 0 Å². The van der Waals surface area contributed by atoms with Crippen LogP contribution in [0.1, 0.15) is 31.0 Å². The summed E-state index contributed by atoms with van der Waals surface area (Å²) >= 11 is 0. The largest absolute Gasteiger partial charge is 0.392 e. The lowest BCUT2D eigenvalue weighted by molar-refractivity contribution is 0.280. The highest BCUT2D eigenvalue weighted by Gasteiger charge is 2.09. The molecule has 3 nitrogen and oxygen atoms in total. The smallest absolute Gasteiger partial charge is 0.0715 e. The third kappa shape index (κ3) is 1.60. The molecule has 0 saturated carbocycles. The van der Waals surface area contributed by atoms with Crippen molar-refractivity contribution in [2.24, 2.45) is 7.05 Å². The van der Waals surface area contributed by atoms with Gasteiger partial charge in [0.1, 0.15) is 0 Å². The summed E-state index contributed by atoms with van der Waals surface area (Å²) in [5, 5.41) is 13.2. The number of aliphatic hydroxyl groups excluding tert-OH is 1. The Kier molecular flexibility index (Phi) is 2.29. The van der Waals surface area contributed by atoms with Crippen LogP contribution in [-0.4, -0.2) is 14.9 Å². The Morgan fingerprint density at radius 3 is 2.64 bits per heavy atom. The van der Waals surface area contributed by atoms with Crippen molar-refractivity contribution in [3.63, 3.8) is 0 Å². The standard InChI is InChI=1S/C8H14N2O/c1-6(2)8-7(5-11)4-10(3)9-8/h4,6,11H,5H2,1-3H3. The molecule has 1 heterocycles. The number of rotatable bonds is 2. The van der Waals surface area contributed by atoms with Crippen molar-refractivity contribution >= 4 is 0 Å². The molecule has 0 aliphatic carbocycles. The van der Waals surface area contributed by atoms with E-state index in [0.717, 1.165) is 11.3 Å². The highest BCUT2D eigenvalue weighted by atomic mass is 16.3. The maximum absolute atomic E-state index is 8.93. The fourth-order valence-corrected chi connectivity index (χ4v) is 1.16. The molecule has 0 aliphatic heterocycles. The highest BCUT2D eigenvalue weighted by molar-refractivity contribution is 5.18. The first kappa shape index (κ1) is 8.27. The van der Waals surface area contributed by atoms with E-state index in [1.807, 2.05) is 13.2 Å². The maximum Gasteiger partial charge on any atom is 0.0715 e. The molecule has 1 aromatic rings. The van der Waals surface area contributed by atoms with E-state index < -0.39 is 0 Å². The number of aromatic nitrogens is 2. The van der Waals surface area contributed by atoms with Crippen molar-refractivity contribution in [1.82, 2.24) is 9.78 Å². The summed E-state index contributed by atoms with van der Waals surface area (Å²) in [7, 11) is 1.87. The molecule has 0 saturated heterocycles. The van der Waals surface area contributed by atoms with Crippen molar-refractivity contribution < 1.29 is 5.11 Å². The second-order valence-corrected chi connectivity index (χ2v) is 3.03. The molecule has 62 valence electrons. The zero-order valence-corrected chi connectivity index (χ0v) is 7.20. The van der Waals surface area contributed by atoms with Gasteiger partial charge in [-0.2, -0.15) is 5.10 Å². The maximum atomic E-state index is 8.93. The number of aryl methyl sites for hydroxylation is 1. The van der Waals surface area contributed by atoms with E-state index in [9.17, 15) is 0 Å². The first-order chi connectivity index (χ1) is 5.15. The van der Waals surface area contributed by atoms with E-state index in [0.29, 0.717) is 5.92 Å². The molecule has 0 fully saturated rings. The van der Waals surface area contributed by atoms with Gasteiger partial charge in [-0.25, -0.2) is 0 Å². The van der Waals surface area contributed by atoms with Crippen molar-refractivity contribution in [2.75, 3.05) is 0 Å². The Morgan fingerprint density at radius 2 is 2.27 bits per heavy atom. The summed E-state index contributed by atoms with van der Waals surface area (Å²) in [4.78, 5) is 0. The lowest BCUT2D eigenvalue weighted by Crippen LogP contribution is -1.94. The monoisotopic (exact) mass is 154 g/mol. The zero-order valence-electron chi connectivity index (χ0n) is 7.20. The summed E-state index contributed by atoms with van der Waals surface area (Å²) < 4.78 is 1.74. The Labute approximate surface area is 66.7 Å². The molecular formula is C8H14N2O. The van der Waals surface area contributed by atoms with E-state index in [1.54, 1.807) is 4.68 Å². The SMILES string of the molecule is CC(C)c1nn(C)cc1CO. The van der Waals surface area contributed by atoms with Crippen LogP contribution in [-0.2, 0) is 13.7 Å². The molecule has 1 N–H and O–H groups in total. The van der Waals surface area contributed by atoms with Crippen LogP contribution in [0.2, 0.25) is 0 Å². The molecule has 1 aromatic heterocycles. The summed E-state index contributed by atoms with van der Waals surface area (Å²) in [5.41, 5.74) is 1.93. The zero-order chi connectivity index (χ0) is 8.43. The van der Waals surface area contributed by atoms with Crippen LogP contribution >= 0.6 is 0 Å². The molecule has 3 heteroatoms. The van der Waals surface area contributed by atoms with Crippen molar-refractivity contribution in [1.29, 1.82) is 0 Å². The van der Waals surface area contributed by atoms with Crippen molar-refractivity contribution in [2.45, 2.75) is 26.4 Å². The molecule has 0 aromatic carbocycles. The van der Waals surface area contributed by atoms with Crippen LogP contribution in [0.4, 0.5) is 0 Å². The van der Waals surface area contributed by atoms with Gasteiger partial charge in [0, 0.05) is 18.8 Å². The van der Waals surface area contributed by atoms with E-state index in [4.69, 9.17) is 5.11 Å². The second-order valence-electron chi connectivity index (χ2n) is 3.03. The van der Waals surface area contributed by atoms with Crippen LogP contribution in [0.25, 0.3) is 0 Å². The molecule has 0 amide bonds. The van der Waals surface area contributed by atoms with E-state index in [1.165, 1.54) is 0 Å². The summed E-state index contributed by atoms with van der Waals surface area (Å²) in [5.74, 6) is 0.387. The third-order valence-corrected chi connectivity index (χ3v) is 1.65. The second kappa shape index (κ2) is 3.05. The van der Waals surface area contributed by atoms with Crippen LogP contribution in [0, 0.1) is 0 Å². The average molecular weight is 154 g/mol. The Morgan fingerprint density at radius 1 is 1.64 bits per heavy atom. The van der Waals surface area contributed by atoms with Gasteiger partial charge in [-0.3, -0.25) is 4.68 Å². The van der Waals surface area contributed by atoms with Crippen LogP contribution < -0.4 is 0 Å². The predicted octanol–water partition coefficient (Wildman–Crippen LogP) is 1.04. The Hall–Kier alpha value is -0.830. The molecule has 0 unspecified atom stereocenters. The van der Waals surface area contributed by atoms with E-state index >= 15 is 0 Å². The van der Waals surface area contributed by atoms with Gasteiger partial charge in [0.25, 0.3) is 0 Å². The normalized spacial score (nSPS) is 11.0.